The number of hydrogen-bond donors (Lipinski definition) is 1. The predicted octanol–water partition coefficient (Wildman–Crippen LogP) is 2.97. The Morgan fingerprint density at radius 1 is 1.06 bits per heavy atom. The van der Waals surface area contributed by atoms with Gasteiger partial charge in [-0.05, 0) is 24.3 Å². The number of fused-ring (bicyclic) bond motifs is 1. The van der Waals surface area contributed by atoms with Gasteiger partial charge in [0.2, 0.25) is 0 Å². The smallest absolute Gasteiger partial charge is 0.300 e. The Bertz CT molecular complexity index is 571. The van der Waals surface area contributed by atoms with E-state index in [0.29, 0.717) is 6.01 Å². The lowest BCUT2D eigenvalue weighted by molar-refractivity contribution is 0.623. The molecule has 0 unspecified atom stereocenters. The molecule has 0 aliphatic rings. The van der Waals surface area contributed by atoms with E-state index in [-0.39, 0.29) is 0 Å². The Kier molecular flexibility index (Phi) is 2.04. The third-order valence-electron chi connectivity index (χ3n) is 2.21. The molecule has 0 aliphatic carbocycles. The molecule has 0 bridgehead atoms. The molecule has 0 amide bonds. The molecule has 0 spiro atoms. The van der Waals surface area contributed by atoms with Gasteiger partial charge in [0, 0.05) is 6.20 Å². The molecule has 3 rings (SSSR count). The maximum atomic E-state index is 5.52. The number of benzene rings is 1. The quantitative estimate of drug-likeness (QED) is 0.708. The first kappa shape index (κ1) is 8.91. The van der Waals surface area contributed by atoms with Crippen LogP contribution in [0.25, 0.3) is 11.1 Å². The van der Waals surface area contributed by atoms with Crippen LogP contribution in [0.15, 0.2) is 53.2 Å². The molecule has 78 valence electrons. The Morgan fingerprint density at radius 2 is 2.00 bits per heavy atom. The highest BCUT2D eigenvalue weighted by molar-refractivity contribution is 5.74. The van der Waals surface area contributed by atoms with Crippen molar-refractivity contribution in [3.63, 3.8) is 0 Å². The van der Waals surface area contributed by atoms with E-state index in [2.05, 4.69) is 15.3 Å². The second kappa shape index (κ2) is 3.66. The largest absolute Gasteiger partial charge is 0.423 e. The standard InChI is InChI=1S/C12H9N3O/c1-2-6-11-10(5-1)15-12(16-11)14-9-4-3-7-13-8-9/h1-8H,(H,14,15). The first-order valence-electron chi connectivity index (χ1n) is 4.94. The summed E-state index contributed by atoms with van der Waals surface area (Å²) in [5.41, 5.74) is 2.47. The predicted molar refractivity (Wildman–Crippen MR) is 61.5 cm³/mol. The minimum absolute atomic E-state index is 0.481. The van der Waals surface area contributed by atoms with Crippen LogP contribution in [0.3, 0.4) is 0 Å². The molecule has 0 radical (unpaired) electrons. The zero-order valence-corrected chi connectivity index (χ0v) is 8.42. The van der Waals surface area contributed by atoms with Gasteiger partial charge in [-0.15, -0.1) is 0 Å². The molecule has 1 aromatic carbocycles. The van der Waals surface area contributed by atoms with Crippen LogP contribution in [-0.2, 0) is 0 Å². The van der Waals surface area contributed by atoms with Crippen molar-refractivity contribution in [1.82, 2.24) is 9.97 Å². The maximum absolute atomic E-state index is 5.52. The van der Waals surface area contributed by atoms with Crippen LogP contribution >= 0.6 is 0 Å². The molecule has 2 aromatic heterocycles. The average molecular weight is 211 g/mol. The van der Waals surface area contributed by atoms with Crippen molar-refractivity contribution in [2.24, 2.45) is 0 Å². The van der Waals surface area contributed by atoms with Gasteiger partial charge in [0.15, 0.2) is 5.58 Å². The van der Waals surface area contributed by atoms with Crippen LogP contribution in [0, 0.1) is 0 Å². The van der Waals surface area contributed by atoms with Gasteiger partial charge in [-0.3, -0.25) is 4.98 Å². The van der Waals surface area contributed by atoms with Crippen molar-refractivity contribution in [3.05, 3.63) is 48.8 Å². The van der Waals surface area contributed by atoms with E-state index in [9.17, 15) is 0 Å². The van der Waals surface area contributed by atoms with Crippen LogP contribution in [0.1, 0.15) is 0 Å². The van der Waals surface area contributed by atoms with E-state index in [1.54, 1.807) is 12.4 Å². The molecular weight excluding hydrogens is 202 g/mol. The second-order valence-corrected chi connectivity index (χ2v) is 3.35. The van der Waals surface area contributed by atoms with Crippen LogP contribution in [0.5, 0.6) is 0 Å². The van der Waals surface area contributed by atoms with Crippen LogP contribution < -0.4 is 5.32 Å². The number of hydrogen-bond acceptors (Lipinski definition) is 4. The summed E-state index contributed by atoms with van der Waals surface area (Å²) in [6.45, 7) is 0. The lowest BCUT2D eigenvalue weighted by Gasteiger charge is -1.98. The highest BCUT2D eigenvalue weighted by Gasteiger charge is 2.04. The fraction of sp³-hybridized carbons (Fsp3) is 0. The Labute approximate surface area is 92.0 Å². The molecule has 1 N–H and O–H groups in total. The molecule has 16 heavy (non-hydrogen) atoms. The summed E-state index contributed by atoms with van der Waals surface area (Å²) in [4.78, 5) is 8.31. The van der Waals surface area contributed by atoms with Crippen molar-refractivity contribution in [2.45, 2.75) is 0 Å². The molecule has 0 saturated heterocycles. The molecule has 3 aromatic rings. The Balaban J connectivity index is 1.95. The van der Waals surface area contributed by atoms with E-state index in [1.807, 2.05) is 36.4 Å². The SMILES string of the molecule is c1cncc(Nc2nc3ccccc3o2)c1. The lowest BCUT2D eigenvalue weighted by atomic mass is 10.3. The fourth-order valence-electron chi connectivity index (χ4n) is 1.49. The monoisotopic (exact) mass is 211 g/mol. The van der Waals surface area contributed by atoms with Crippen LogP contribution in [0.2, 0.25) is 0 Å². The van der Waals surface area contributed by atoms with Gasteiger partial charge in [-0.2, -0.15) is 4.98 Å². The Morgan fingerprint density at radius 3 is 2.81 bits per heavy atom. The lowest BCUT2D eigenvalue weighted by Crippen LogP contribution is -1.89. The summed E-state index contributed by atoms with van der Waals surface area (Å²) >= 11 is 0. The molecule has 0 atom stereocenters. The van der Waals surface area contributed by atoms with Crippen molar-refractivity contribution < 1.29 is 4.42 Å². The number of rotatable bonds is 2. The van der Waals surface area contributed by atoms with E-state index >= 15 is 0 Å². The summed E-state index contributed by atoms with van der Waals surface area (Å²) in [6, 6.07) is 11.9. The van der Waals surface area contributed by atoms with E-state index < -0.39 is 0 Å². The van der Waals surface area contributed by atoms with E-state index in [1.165, 1.54) is 0 Å². The van der Waals surface area contributed by atoms with Crippen molar-refractivity contribution in [2.75, 3.05) is 5.32 Å². The average Bonchev–Trinajstić information content (AvgIpc) is 2.72. The van der Waals surface area contributed by atoms with Crippen molar-refractivity contribution >= 4 is 22.8 Å². The van der Waals surface area contributed by atoms with Gasteiger partial charge >= 0.3 is 0 Å². The highest BCUT2D eigenvalue weighted by Crippen LogP contribution is 2.20. The first-order valence-corrected chi connectivity index (χ1v) is 4.94. The van der Waals surface area contributed by atoms with Gasteiger partial charge in [-0.1, -0.05) is 12.1 Å². The minimum Gasteiger partial charge on any atom is -0.423 e. The topological polar surface area (TPSA) is 51.0 Å². The minimum atomic E-state index is 0.481. The van der Waals surface area contributed by atoms with Gasteiger partial charge in [-0.25, -0.2) is 0 Å². The zero-order valence-electron chi connectivity index (χ0n) is 8.42. The Hall–Kier alpha value is -2.36. The summed E-state index contributed by atoms with van der Waals surface area (Å²) in [5.74, 6) is 0. The molecular formula is C12H9N3O. The summed E-state index contributed by atoms with van der Waals surface area (Å²) in [6.07, 6.45) is 3.44. The first-order chi connectivity index (χ1) is 7.92. The molecule has 2 heterocycles. The molecule has 0 fully saturated rings. The number of para-hydroxylation sites is 2. The van der Waals surface area contributed by atoms with E-state index in [4.69, 9.17) is 4.42 Å². The van der Waals surface area contributed by atoms with E-state index in [0.717, 1.165) is 16.8 Å². The third kappa shape index (κ3) is 1.61. The molecule has 4 heteroatoms. The number of oxazole rings is 1. The summed E-state index contributed by atoms with van der Waals surface area (Å²) < 4.78 is 5.52. The number of nitrogens with zero attached hydrogens (tertiary/aromatic N) is 2. The summed E-state index contributed by atoms with van der Waals surface area (Å²) in [5, 5.41) is 3.05. The number of aromatic nitrogens is 2. The maximum Gasteiger partial charge on any atom is 0.300 e. The molecule has 0 aliphatic heterocycles. The van der Waals surface area contributed by atoms with Crippen molar-refractivity contribution in [3.8, 4) is 0 Å². The zero-order chi connectivity index (χ0) is 10.8. The van der Waals surface area contributed by atoms with Gasteiger partial charge in [0.1, 0.15) is 5.52 Å². The fourth-order valence-corrected chi connectivity index (χ4v) is 1.49. The number of pyridine rings is 1. The molecule has 4 nitrogen and oxygen atoms in total. The second-order valence-electron chi connectivity index (χ2n) is 3.35. The molecule has 0 saturated carbocycles. The highest BCUT2D eigenvalue weighted by atomic mass is 16.4. The third-order valence-corrected chi connectivity index (χ3v) is 2.21. The number of nitrogens with one attached hydrogen (secondary N) is 1. The van der Waals surface area contributed by atoms with Gasteiger partial charge in [0.25, 0.3) is 6.01 Å². The van der Waals surface area contributed by atoms with Crippen LogP contribution in [-0.4, -0.2) is 9.97 Å². The van der Waals surface area contributed by atoms with Gasteiger partial charge in [0.05, 0.1) is 11.9 Å². The normalized spacial score (nSPS) is 10.5. The number of anilines is 2. The van der Waals surface area contributed by atoms with Gasteiger partial charge < -0.3 is 9.73 Å². The van der Waals surface area contributed by atoms with Crippen LogP contribution in [0.4, 0.5) is 11.7 Å². The van der Waals surface area contributed by atoms with Crippen molar-refractivity contribution in [1.29, 1.82) is 0 Å². The summed E-state index contributed by atoms with van der Waals surface area (Å²) in [7, 11) is 0.